The molecule has 0 aromatic rings. The lowest BCUT2D eigenvalue weighted by Crippen LogP contribution is -2.19. The highest BCUT2D eigenvalue weighted by Gasteiger charge is 1.91. The van der Waals surface area contributed by atoms with Crippen LogP contribution in [0.4, 0.5) is 8.78 Å². The molecular weight excluding hydrogens is 164 g/mol. The SMILES string of the molecule is COCCNCC/C=C/C(F)F. The van der Waals surface area contributed by atoms with Crippen molar-refractivity contribution in [2.45, 2.75) is 12.8 Å². The van der Waals surface area contributed by atoms with Crippen LogP contribution in [0.3, 0.4) is 0 Å². The van der Waals surface area contributed by atoms with Crippen molar-refractivity contribution in [1.82, 2.24) is 5.32 Å². The molecule has 0 amide bonds. The molecule has 0 atom stereocenters. The topological polar surface area (TPSA) is 21.3 Å². The zero-order chi connectivity index (χ0) is 9.23. The maximum absolute atomic E-state index is 11.5. The van der Waals surface area contributed by atoms with Crippen molar-refractivity contribution in [3.8, 4) is 0 Å². The summed E-state index contributed by atoms with van der Waals surface area (Å²) in [4.78, 5) is 0. The van der Waals surface area contributed by atoms with E-state index >= 15 is 0 Å². The number of hydrogen-bond donors (Lipinski definition) is 1. The van der Waals surface area contributed by atoms with Crippen molar-refractivity contribution in [2.75, 3.05) is 26.8 Å². The second-order valence-electron chi connectivity index (χ2n) is 2.29. The molecule has 12 heavy (non-hydrogen) atoms. The Balaban J connectivity index is 3.00. The first-order valence-corrected chi connectivity index (χ1v) is 3.92. The third kappa shape index (κ3) is 9.52. The Bertz CT molecular complexity index is 118. The standard InChI is InChI=1S/C8H15F2NO/c1-12-7-6-11-5-3-2-4-8(9)10/h2,4,8,11H,3,5-7H2,1H3/b4-2+. The van der Waals surface area contributed by atoms with Gasteiger partial charge in [0.05, 0.1) is 6.61 Å². The molecule has 0 spiro atoms. The summed E-state index contributed by atoms with van der Waals surface area (Å²) in [5, 5.41) is 3.04. The predicted molar refractivity (Wildman–Crippen MR) is 44.5 cm³/mol. The van der Waals surface area contributed by atoms with E-state index in [-0.39, 0.29) is 0 Å². The van der Waals surface area contributed by atoms with E-state index in [9.17, 15) is 8.78 Å². The predicted octanol–water partition coefficient (Wildman–Crippen LogP) is 1.43. The fraction of sp³-hybridized carbons (Fsp3) is 0.750. The smallest absolute Gasteiger partial charge is 0.257 e. The Morgan fingerprint density at radius 2 is 2.17 bits per heavy atom. The number of allylic oxidation sites excluding steroid dienone is 1. The number of methoxy groups -OCH3 is 1. The fourth-order valence-electron chi connectivity index (χ4n) is 0.684. The first-order chi connectivity index (χ1) is 5.77. The van der Waals surface area contributed by atoms with Crippen LogP contribution in [0.25, 0.3) is 0 Å². The molecule has 0 saturated carbocycles. The van der Waals surface area contributed by atoms with E-state index in [0.29, 0.717) is 19.6 Å². The Morgan fingerprint density at radius 3 is 2.75 bits per heavy atom. The number of hydrogen-bond acceptors (Lipinski definition) is 2. The van der Waals surface area contributed by atoms with Crippen molar-refractivity contribution < 1.29 is 13.5 Å². The molecule has 0 aliphatic carbocycles. The largest absolute Gasteiger partial charge is 0.383 e. The highest BCUT2D eigenvalue weighted by Crippen LogP contribution is 1.94. The van der Waals surface area contributed by atoms with Gasteiger partial charge in [-0.2, -0.15) is 0 Å². The first kappa shape index (κ1) is 11.5. The van der Waals surface area contributed by atoms with Gasteiger partial charge in [-0.3, -0.25) is 0 Å². The van der Waals surface area contributed by atoms with E-state index in [1.165, 1.54) is 6.08 Å². The van der Waals surface area contributed by atoms with Gasteiger partial charge in [-0.15, -0.1) is 0 Å². The van der Waals surface area contributed by atoms with E-state index in [0.717, 1.165) is 12.6 Å². The number of nitrogens with one attached hydrogen (secondary N) is 1. The van der Waals surface area contributed by atoms with Gasteiger partial charge < -0.3 is 10.1 Å². The number of halogens is 2. The molecule has 0 saturated heterocycles. The third-order valence-corrected chi connectivity index (χ3v) is 1.25. The third-order valence-electron chi connectivity index (χ3n) is 1.25. The summed E-state index contributed by atoms with van der Waals surface area (Å²) >= 11 is 0. The van der Waals surface area contributed by atoms with Crippen LogP contribution in [0, 0.1) is 0 Å². The zero-order valence-electron chi connectivity index (χ0n) is 7.22. The van der Waals surface area contributed by atoms with Crippen molar-refractivity contribution in [2.24, 2.45) is 0 Å². The van der Waals surface area contributed by atoms with Gasteiger partial charge in [-0.25, -0.2) is 8.78 Å². The monoisotopic (exact) mass is 179 g/mol. The summed E-state index contributed by atoms with van der Waals surface area (Å²) in [6, 6.07) is 0. The second kappa shape index (κ2) is 8.62. The molecule has 0 aliphatic heterocycles. The van der Waals surface area contributed by atoms with Gasteiger partial charge in [0, 0.05) is 13.7 Å². The highest BCUT2D eigenvalue weighted by molar-refractivity contribution is 4.84. The van der Waals surface area contributed by atoms with E-state index in [1.807, 2.05) is 0 Å². The lowest BCUT2D eigenvalue weighted by Gasteiger charge is -2.00. The van der Waals surface area contributed by atoms with Gasteiger partial charge in [0.25, 0.3) is 6.43 Å². The minimum Gasteiger partial charge on any atom is -0.383 e. The van der Waals surface area contributed by atoms with Crippen LogP contribution in [0.2, 0.25) is 0 Å². The van der Waals surface area contributed by atoms with Gasteiger partial charge in [-0.05, 0) is 19.0 Å². The Kier molecular flexibility index (Phi) is 8.27. The van der Waals surface area contributed by atoms with Gasteiger partial charge in [0.2, 0.25) is 0 Å². The van der Waals surface area contributed by atoms with Crippen LogP contribution in [0.15, 0.2) is 12.2 Å². The minimum absolute atomic E-state index is 0.633. The maximum Gasteiger partial charge on any atom is 0.257 e. The van der Waals surface area contributed by atoms with Crippen LogP contribution < -0.4 is 5.32 Å². The normalized spacial score (nSPS) is 11.7. The van der Waals surface area contributed by atoms with E-state index in [1.54, 1.807) is 7.11 Å². The number of alkyl halides is 2. The summed E-state index contributed by atoms with van der Waals surface area (Å²) in [6.45, 7) is 2.13. The molecule has 0 bridgehead atoms. The second-order valence-corrected chi connectivity index (χ2v) is 2.29. The molecule has 0 aromatic carbocycles. The number of rotatable bonds is 7. The minimum atomic E-state index is -2.33. The summed E-state index contributed by atoms with van der Waals surface area (Å²) in [6.07, 6.45) is 0.681. The zero-order valence-corrected chi connectivity index (χ0v) is 7.22. The molecule has 1 N–H and O–H groups in total. The van der Waals surface area contributed by atoms with Crippen LogP contribution >= 0.6 is 0 Å². The Hall–Kier alpha value is -0.480. The molecule has 72 valence electrons. The fourth-order valence-corrected chi connectivity index (χ4v) is 0.684. The summed E-state index contributed by atoms with van der Waals surface area (Å²) in [5.74, 6) is 0. The van der Waals surface area contributed by atoms with Gasteiger partial charge in [0.15, 0.2) is 0 Å². The highest BCUT2D eigenvalue weighted by atomic mass is 19.3. The van der Waals surface area contributed by atoms with E-state index < -0.39 is 6.43 Å². The molecule has 4 heteroatoms. The van der Waals surface area contributed by atoms with Crippen LogP contribution in [-0.2, 0) is 4.74 Å². The average Bonchev–Trinajstić information content (AvgIpc) is 2.02. The first-order valence-electron chi connectivity index (χ1n) is 3.92. The Labute approximate surface area is 71.6 Å². The van der Waals surface area contributed by atoms with Crippen molar-refractivity contribution in [1.29, 1.82) is 0 Å². The van der Waals surface area contributed by atoms with Gasteiger partial charge >= 0.3 is 0 Å². The quantitative estimate of drug-likeness (QED) is 0.471. The molecule has 0 fully saturated rings. The van der Waals surface area contributed by atoms with Crippen molar-refractivity contribution >= 4 is 0 Å². The van der Waals surface area contributed by atoms with E-state index in [4.69, 9.17) is 4.74 Å². The molecule has 0 rings (SSSR count). The van der Waals surface area contributed by atoms with Crippen molar-refractivity contribution in [3.63, 3.8) is 0 Å². The molecule has 0 unspecified atom stereocenters. The summed E-state index contributed by atoms with van der Waals surface area (Å²) < 4.78 is 27.9. The Morgan fingerprint density at radius 1 is 1.42 bits per heavy atom. The van der Waals surface area contributed by atoms with Crippen LogP contribution in [-0.4, -0.2) is 33.2 Å². The van der Waals surface area contributed by atoms with Crippen LogP contribution in [0.1, 0.15) is 6.42 Å². The molecule has 0 radical (unpaired) electrons. The maximum atomic E-state index is 11.5. The molecule has 0 heterocycles. The lowest BCUT2D eigenvalue weighted by molar-refractivity contribution is 0.199. The van der Waals surface area contributed by atoms with Gasteiger partial charge in [0.1, 0.15) is 0 Å². The molecule has 2 nitrogen and oxygen atoms in total. The average molecular weight is 179 g/mol. The number of ether oxygens (including phenoxy) is 1. The van der Waals surface area contributed by atoms with Crippen LogP contribution in [0.5, 0.6) is 0 Å². The lowest BCUT2D eigenvalue weighted by atomic mass is 10.4. The summed E-state index contributed by atoms with van der Waals surface area (Å²) in [5.41, 5.74) is 0. The summed E-state index contributed by atoms with van der Waals surface area (Å²) in [7, 11) is 1.62. The molecule has 0 aliphatic rings. The van der Waals surface area contributed by atoms with E-state index in [2.05, 4.69) is 5.32 Å². The van der Waals surface area contributed by atoms with Crippen molar-refractivity contribution in [3.05, 3.63) is 12.2 Å². The molecular formula is C8H15F2NO. The molecule has 0 aromatic heterocycles. The van der Waals surface area contributed by atoms with Gasteiger partial charge in [-0.1, -0.05) is 6.08 Å².